The van der Waals surface area contributed by atoms with E-state index in [-0.39, 0.29) is 15.2 Å². The van der Waals surface area contributed by atoms with E-state index in [2.05, 4.69) is 0 Å². The second kappa shape index (κ2) is 9.05. The molecule has 0 N–H and O–H groups in total. The van der Waals surface area contributed by atoms with E-state index >= 15 is 0 Å². The lowest BCUT2D eigenvalue weighted by molar-refractivity contribution is 0.167. The summed E-state index contributed by atoms with van der Waals surface area (Å²) in [6, 6.07) is 16.9. The van der Waals surface area contributed by atoms with Gasteiger partial charge in [-0.1, -0.05) is 35.9 Å². The molecule has 2 fully saturated rings. The number of sulfonamides is 2. The lowest BCUT2D eigenvalue weighted by atomic mass is 9.78. The maximum atomic E-state index is 13.4. The molecular weight excluding hydrogens is 508 g/mol. The molecule has 7 nitrogen and oxygen atoms in total. The standard InChI is InChI=1S/C25H27ClN2O5S2/c1-33-20-5-3-6-21(17-20)34(29,30)27-13-10-25(11-14-27)12-15-28(18-25)35(31,32)22-8-9-23-19(16-22)4-2-7-24(23)26/h2-9,16-17H,10-15,18H2,1H3. The Kier molecular flexibility index (Phi) is 6.34. The van der Waals surface area contributed by atoms with E-state index in [9.17, 15) is 16.8 Å². The van der Waals surface area contributed by atoms with E-state index in [1.54, 1.807) is 52.8 Å². The largest absolute Gasteiger partial charge is 0.497 e. The smallest absolute Gasteiger partial charge is 0.243 e. The Bertz CT molecular complexity index is 1480. The molecule has 3 aromatic rings. The van der Waals surface area contributed by atoms with Crippen molar-refractivity contribution in [2.75, 3.05) is 33.3 Å². The van der Waals surface area contributed by atoms with Crippen LogP contribution in [0.2, 0.25) is 5.02 Å². The number of rotatable bonds is 5. The van der Waals surface area contributed by atoms with E-state index in [0.29, 0.717) is 49.8 Å². The van der Waals surface area contributed by atoms with Gasteiger partial charge in [0.2, 0.25) is 20.0 Å². The van der Waals surface area contributed by atoms with Gasteiger partial charge in [0, 0.05) is 42.7 Å². The molecule has 2 aliphatic heterocycles. The molecule has 10 heteroatoms. The molecule has 0 aliphatic carbocycles. The van der Waals surface area contributed by atoms with Gasteiger partial charge >= 0.3 is 0 Å². The number of halogens is 1. The van der Waals surface area contributed by atoms with Crippen LogP contribution in [0.4, 0.5) is 0 Å². The first kappa shape index (κ1) is 24.5. The fraction of sp³-hybridized carbons (Fsp3) is 0.360. The van der Waals surface area contributed by atoms with E-state index in [4.69, 9.17) is 16.3 Å². The minimum Gasteiger partial charge on any atom is -0.497 e. The zero-order valence-electron chi connectivity index (χ0n) is 19.4. The van der Waals surface area contributed by atoms with Crippen molar-refractivity contribution in [3.63, 3.8) is 0 Å². The van der Waals surface area contributed by atoms with Crippen LogP contribution < -0.4 is 4.74 Å². The van der Waals surface area contributed by atoms with Crippen molar-refractivity contribution < 1.29 is 21.6 Å². The number of nitrogens with zero attached hydrogens (tertiary/aromatic N) is 2. The molecule has 2 aliphatic rings. The first-order valence-corrected chi connectivity index (χ1v) is 14.7. The van der Waals surface area contributed by atoms with Crippen LogP contribution in [-0.4, -0.2) is 58.7 Å². The third kappa shape index (κ3) is 4.44. The molecule has 1 spiro atoms. The average molecular weight is 535 g/mol. The number of hydrogen-bond acceptors (Lipinski definition) is 5. The van der Waals surface area contributed by atoms with Gasteiger partial charge in [-0.3, -0.25) is 0 Å². The molecule has 2 heterocycles. The van der Waals surface area contributed by atoms with E-state index in [1.165, 1.54) is 17.5 Å². The highest BCUT2D eigenvalue weighted by atomic mass is 35.5. The summed E-state index contributed by atoms with van der Waals surface area (Å²) in [5.41, 5.74) is -0.215. The first-order chi connectivity index (χ1) is 16.6. The quantitative estimate of drug-likeness (QED) is 0.485. The highest BCUT2D eigenvalue weighted by molar-refractivity contribution is 7.89. The second-order valence-corrected chi connectivity index (χ2v) is 13.6. The Morgan fingerprint density at radius 2 is 1.43 bits per heavy atom. The zero-order valence-corrected chi connectivity index (χ0v) is 21.7. The van der Waals surface area contributed by atoms with E-state index in [0.717, 1.165) is 17.2 Å². The van der Waals surface area contributed by atoms with Crippen molar-refractivity contribution in [1.82, 2.24) is 8.61 Å². The van der Waals surface area contributed by atoms with Gasteiger partial charge in [-0.15, -0.1) is 0 Å². The Balaban J connectivity index is 1.31. The average Bonchev–Trinajstić information content (AvgIpc) is 3.28. The molecule has 5 rings (SSSR count). The summed E-state index contributed by atoms with van der Waals surface area (Å²) in [6.07, 6.45) is 1.96. The van der Waals surface area contributed by atoms with Crippen LogP contribution in [0.3, 0.4) is 0 Å². The predicted octanol–water partition coefficient (Wildman–Crippen LogP) is 4.37. The molecule has 0 unspecified atom stereocenters. The van der Waals surface area contributed by atoms with Crippen LogP contribution in [0.1, 0.15) is 19.3 Å². The van der Waals surface area contributed by atoms with Crippen molar-refractivity contribution in [1.29, 1.82) is 0 Å². The number of ether oxygens (including phenoxy) is 1. The van der Waals surface area contributed by atoms with Gasteiger partial charge in [-0.25, -0.2) is 16.8 Å². The number of benzene rings is 3. The zero-order chi connectivity index (χ0) is 24.8. The first-order valence-electron chi connectivity index (χ1n) is 11.5. The number of fused-ring (bicyclic) bond motifs is 1. The minimum atomic E-state index is -3.67. The van der Waals surface area contributed by atoms with Crippen molar-refractivity contribution >= 4 is 42.4 Å². The van der Waals surface area contributed by atoms with Crippen LogP contribution in [0, 0.1) is 5.41 Å². The molecule has 35 heavy (non-hydrogen) atoms. The molecule has 2 saturated heterocycles. The Morgan fingerprint density at radius 1 is 0.800 bits per heavy atom. The molecule has 0 radical (unpaired) electrons. The highest BCUT2D eigenvalue weighted by Gasteiger charge is 2.46. The maximum Gasteiger partial charge on any atom is 0.243 e. The highest BCUT2D eigenvalue weighted by Crippen LogP contribution is 2.43. The molecule has 0 atom stereocenters. The summed E-state index contributed by atoms with van der Waals surface area (Å²) in [6.45, 7) is 1.55. The summed E-state index contributed by atoms with van der Waals surface area (Å²) in [5, 5.41) is 2.18. The Morgan fingerprint density at radius 3 is 2.14 bits per heavy atom. The van der Waals surface area contributed by atoms with Crippen molar-refractivity contribution in [3.05, 3.63) is 65.7 Å². The number of methoxy groups -OCH3 is 1. The van der Waals surface area contributed by atoms with Gasteiger partial charge in [0.05, 0.1) is 16.9 Å². The predicted molar refractivity (Wildman–Crippen MR) is 136 cm³/mol. The summed E-state index contributed by atoms with van der Waals surface area (Å²) < 4.78 is 61.4. The summed E-state index contributed by atoms with van der Waals surface area (Å²) >= 11 is 6.23. The molecular formula is C25H27ClN2O5S2. The third-order valence-corrected chi connectivity index (χ3v) is 11.4. The third-order valence-electron chi connectivity index (χ3n) is 7.30. The lowest BCUT2D eigenvalue weighted by Crippen LogP contribution is -2.44. The van der Waals surface area contributed by atoms with E-state index < -0.39 is 20.0 Å². The Hall–Kier alpha value is -2.17. The fourth-order valence-electron chi connectivity index (χ4n) is 5.15. The van der Waals surface area contributed by atoms with Crippen LogP contribution in [-0.2, 0) is 20.0 Å². The normalized spacial score (nSPS) is 19.4. The van der Waals surface area contributed by atoms with E-state index in [1.807, 2.05) is 6.07 Å². The van der Waals surface area contributed by atoms with Crippen molar-refractivity contribution in [2.45, 2.75) is 29.1 Å². The van der Waals surface area contributed by atoms with Gasteiger partial charge < -0.3 is 4.74 Å². The van der Waals surface area contributed by atoms with Gasteiger partial charge in [0.15, 0.2) is 0 Å². The van der Waals surface area contributed by atoms with Crippen molar-refractivity contribution in [2.24, 2.45) is 5.41 Å². The topological polar surface area (TPSA) is 84.0 Å². The molecule has 186 valence electrons. The van der Waals surface area contributed by atoms with Crippen LogP contribution in [0.5, 0.6) is 5.75 Å². The molecule has 0 amide bonds. The van der Waals surface area contributed by atoms with Gasteiger partial charge in [-0.2, -0.15) is 8.61 Å². The van der Waals surface area contributed by atoms with Crippen LogP contribution in [0.25, 0.3) is 10.8 Å². The van der Waals surface area contributed by atoms with Crippen LogP contribution in [0.15, 0.2) is 70.5 Å². The van der Waals surface area contributed by atoms with Gasteiger partial charge in [0.25, 0.3) is 0 Å². The molecule has 0 aromatic heterocycles. The summed E-state index contributed by atoms with van der Waals surface area (Å²) in [4.78, 5) is 0.460. The minimum absolute atomic E-state index is 0.208. The number of hydrogen-bond donors (Lipinski definition) is 0. The summed E-state index contributed by atoms with van der Waals surface area (Å²) in [7, 11) is -5.80. The second-order valence-electron chi connectivity index (χ2n) is 9.29. The number of piperidine rings is 1. The maximum absolute atomic E-state index is 13.4. The lowest BCUT2D eigenvalue weighted by Gasteiger charge is -2.38. The van der Waals surface area contributed by atoms with Crippen LogP contribution >= 0.6 is 11.6 Å². The Labute approximate surface area is 211 Å². The molecule has 0 bridgehead atoms. The fourth-order valence-corrected chi connectivity index (χ4v) is 8.46. The summed E-state index contributed by atoms with van der Waals surface area (Å²) in [5.74, 6) is 0.493. The van der Waals surface area contributed by atoms with Gasteiger partial charge in [0.1, 0.15) is 5.75 Å². The monoisotopic (exact) mass is 534 g/mol. The molecule has 3 aromatic carbocycles. The SMILES string of the molecule is COc1cccc(S(=O)(=O)N2CCC3(CC2)CCN(S(=O)(=O)c2ccc4c(Cl)cccc4c2)C3)c1. The molecule has 0 saturated carbocycles. The van der Waals surface area contributed by atoms with Gasteiger partial charge in [-0.05, 0) is 60.4 Å². The van der Waals surface area contributed by atoms with Crippen molar-refractivity contribution in [3.8, 4) is 5.75 Å².